The smallest absolute Gasteiger partial charge is 0.110 e. The maximum absolute atomic E-state index is 6.19. The van der Waals surface area contributed by atoms with E-state index in [1.807, 2.05) is 0 Å². The monoisotopic (exact) mass is 258 g/mol. The van der Waals surface area contributed by atoms with Gasteiger partial charge >= 0.3 is 0 Å². The second-order valence-electron chi connectivity index (χ2n) is 5.23. The fourth-order valence-electron chi connectivity index (χ4n) is 2.13. The van der Waals surface area contributed by atoms with Crippen molar-refractivity contribution in [3.8, 4) is 11.3 Å². The van der Waals surface area contributed by atoms with Crippen LogP contribution in [0.3, 0.4) is 0 Å². The summed E-state index contributed by atoms with van der Waals surface area (Å²) in [5, 5.41) is 3.22. The molecule has 1 aromatic heterocycles. The Kier molecular flexibility index (Phi) is 2.96. The van der Waals surface area contributed by atoms with Gasteiger partial charge in [0.15, 0.2) is 0 Å². The van der Waals surface area contributed by atoms with Gasteiger partial charge in [-0.3, -0.25) is 0 Å². The normalized spacial score (nSPS) is 16.8. The van der Waals surface area contributed by atoms with E-state index in [4.69, 9.17) is 10.7 Å². The van der Waals surface area contributed by atoms with E-state index in [-0.39, 0.29) is 6.04 Å². The van der Waals surface area contributed by atoms with Crippen LogP contribution in [0.2, 0.25) is 0 Å². The van der Waals surface area contributed by atoms with E-state index in [1.54, 1.807) is 11.3 Å². The lowest BCUT2D eigenvalue weighted by Gasteiger charge is -2.05. The Hall–Kier alpha value is -1.19. The van der Waals surface area contributed by atoms with Crippen LogP contribution in [0.25, 0.3) is 11.3 Å². The van der Waals surface area contributed by atoms with Gasteiger partial charge in [0, 0.05) is 10.9 Å². The van der Waals surface area contributed by atoms with Crippen molar-refractivity contribution in [3.05, 3.63) is 39.7 Å². The zero-order valence-corrected chi connectivity index (χ0v) is 11.6. The Balaban J connectivity index is 1.89. The van der Waals surface area contributed by atoms with E-state index in [9.17, 15) is 0 Å². The highest BCUT2D eigenvalue weighted by Gasteiger charge is 2.31. The highest BCUT2D eigenvalue weighted by molar-refractivity contribution is 7.10. The van der Waals surface area contributed by atoms with Gasteiger partial charge in [0.1, 0.15) is 5.01 Å². The number of nitrogens with two attached hydrogens (primary N) is 1. The molecule has 1 fully saturated rings. The van der Waals surface area contributed by atoms with Crippen LogP contribution in [0, 0.1) is 19.8 Å². The maximum atomic E-state index is 6.19. The molecule has 1 atom stereocenters. The topological polar surface area (TPSA) is 38.9 Å². The minimum atomic E-state index is 0.148. The molecule has 0 saturated heterocycles. The SMILES string of the molecule is Cc1ccc(-c2csc(C(N)C3CC3)n2)cc1C. The van der Waals surface area contributed by atoms with E-state index < -0.39 is 0 Å². The molecule has 0 spiro atoms. The van der Waals surface area contributed by atoms with E-state index in [2.05, 4.69) is 37.4 Å². The van der Waals surface area contributed by atoms with Crippen LogP contribution >= 0.6 is 11.3 Å². The molecular formula is C15H18N2S. The highest BCUT2D eigenvalue weighted by Crippen LogP contribution is 2.40. The lowest BCUT2D eigenvalue weighted by Crippen LogP contribution is -2.11. The molecule has 94 valence electrons. The minimum absolute atomic E-state index is 0.148. The van der Waals surface area contributed by atoms with Crippen molar-refractivity contribution in [2.75, 3.05) is 0 Å². The summed E-state index contributed by atoms with van der Waals surface area (Å²) in [6.45, 7) is 4.27. The van der Waals surface area contributed by atoms with E-state index in [0.717, 1.165) is 10.7 Å². The van der Waals surface area contributed by atoms with Crippen LogP contribution in [0.5, 0.6) is 0 Å². The van der Waals surface area contributed by atoms with Gasteiger partial charge in [-0.25, -0.2) is 4.98 Å². The zero-order valence-electron chi connectivity index (χ0n) is 10.8. The molecule has 1 aliphatic rings. The number of benzene rings is 1. The fraction of sp³-hybridized carbons (Fsp3) is 0.400. The van der Waals surface area contributed by atoms with Gasteiger partial charge in [-0.1, -0.05) is 12.1 Å². The molecule has 2 nitrogen and oxygen atoms in total. The summed E-state index contributed by atoms with van der Waals surface area (Å²) in [6.07, 6.45) is 2.53. The molecule has 3 heteroatoms. The predicted molar refractivity (Wildman–Crippen MR) is 76.7 cm³/mol. The number of thiazole rings is 1. The Bertz CT molecular complexity index is 570. The average molecular weight is 258 g/mol. The summed E-state index contributed by atoms with van der Waals surface area (Å²) in [4.78, 5) is 4.71. The summed E-state index contributed by atoms with van der Waals surface area (Å²) in [5.74, 6) is 0.670. The summed E-state index contributed by atoms with van der Waals surface area (Å²) < 4.78 is 0. The molecule has 1 saturated carbocycles. The molecule has 0 amide bonds. The number of hydrogen-bond donors (Lipinski definition) is 1. The molecule has 18 heavy (non-hydrogen) atoms. The van der Waals surface area contributed by atoms with Gasteiger partial charge < -0.3 is 5.73 Å². The van der Waals surface area contributed by atoms with Gasteiger partial charge in [0.05, 0.1) is 11.7 Å². The van der Waals surface area contributed by atoms with Crippen molar-refractivity contribution in [1.29, 1.82) is 0 Å². The predicted octanol–water partition coefficient (Wildman–Crippen LogP) is 3.84. The first-order chi connectivity index (χ1) is 8.65. The number of nitrogens with zero attached hydrogens (tertiary/aromatic N) is 1. The Morgan fingerprint density at radius 1 is 1.28 bits per heavy atom. The number of hydrogen-bond acceptors (Lipinski definition) is 3. The van der Waals surface area contributed by atoms with Crippen LogP contribution in [0.15, 0.2) is 23.6 Å². The van der Waals surface area contributed by atoms with Crippen molar-refractivity contribution in [3.63, 3.8) is 0 Å². The fourth-order valence-corrected chi connectivity index (χ4v) is 3.05. The second kappa shape index (κ2) is 4.48. The molecule has 2 N–H and O–H groups in total. The summed E-state index contributed by atoms with van der Waals surface area (Å²) in [5.41, 5.74) is 11.1. The molecule has 0 aliphatic heterocycles. The Morgan fingerprint density at radius 3 is 2.72 bits per heavy atom. The van der Waals surface area contributed by atoms with Gasteiger partial charge in [-0.15, -0.1) is 11.3 Å². The first-order valence-corrected chi connectivity index (χ1v) is 7.32. The first kappa shape index (κ1) is 11.9. The third kappa shape index (κ3) is 2.20. The first-order valence-electron chi connectivity index (χ1n) is 6.44. The Labute approximate surface area is 112 Å². The minimum Gasteiger partial charge on any atom is -0.322 e. The molecule has 0 bridgehead atoms. The Morgan fingerprint density at radius 2 is 2.06 bits per heavy atom. The van der Waals surface area contributed by atoms with Crippen LogP contribution < -0.4 is 5.73 Å². The van der Waals surface area contributed by atoms with Crippen LogP contribution in [-0.4, -0.2) is 4.98 Å². The van der Waals surface area contributed by atoms with Crippen molar-refractivity contribution in [2.45, 2.75) is 32.7 Å². The number of aryl methyl sites for hydroxylation is 2. The molecule has 1 unspecified atom stereocenters. The molecular weight excluding hydrogens is 240 g/mol. The highest BCUT2D eigenvalue weighted by atomic mass is 32.1. The van der Waals surface area contributed by atoms with E-state index >= 15 is 0 Å². The molecule has 2 aromatic rings. The largest absolute Gasteiger partial charge is 0.322 e. The third-order valence-electron chi connectivity index (χ3n) is 3.74. The standard InChI is InChI=1S/C15H18N2S/c1-9-3-4-12(7-10(9)2)13-8-18-15(17-13)14(16)11-5-6-11/h3-4,7-8,11,14H,5-6,16H2,1-2H3. The van der Waals surface area contributed by atoms with Gasteiger partial charge in [-0.2, -0.15) is 0 Å². The number of aromatic nitrogens is 1. The van der Waals surface area contributed by atoms with Crippen LogP contribution in [-0.2, 0) is 0 Å². The molecule has 1 aromatic carbocycles. The quantitative estimate of drug-likeness (QED) is 0.908. The zero-order chi connectivity index (χ0) is 12.7. The van der Waals surface area contributed by atoms with E-state index in [1.165, 1.54) is 29.5 Å². The maximum Gasteiger partial charge on any atom is 0.110 e. The van der Waals surface area contributed by atoms with Crippen LogP contribution in [0.1, 0.15) is 35.0 Å². The molecule has 0 radical (unpaired) electrons. The van der Waals surface area contributed by atoms with Crippen molar-refractivity contribution in [2.24, 2.45) is 11.7 Å². The number of rotatable bonds is 3. The summed E-state index contributed by atoms with van der Waals surface area (Å²) >= 11 is 1.69. The van der Waals surface area contributed by atoms with Crippen LogP contribution in [0.4, 0.5) is 0 Å². The molecule has 1 aliphatic carbocycles. The summed E-state index contributed by atoms with van der Waals surface area (Å²) in [6, 6.07) is 6.65. The van der Waals surface area contributed by atoms with Gasteiger partial charge in [0.25, 0.3) is 0 Å². The van der Waals surface area contributed by atoms with Crippen molar-refractivity contribution >= 4 is 11.3 Å². The molecule has 1 heterocycles. The van der Waals surface area contributed by atoms with Gasteiger partial charge in [-0.05, 0) is 49.8 Å². The lowest BCUT2D eigenvalue weighted by atomic mass is 10.1. The van der Waals surface area contributed by atoms with E-state index in [0.29, 0.717) is 5.92 Å². The molecule has 3 rings (SSSR count). The van der Waals surface area contributed by atoms with Gasteiger partial charge in [0.2, 0.25) is 0 Å². The summed E-state index contributed by atoms with van der Waals surface area (Å²) in [7, 11) is 0. The average Bonchev–Trinajstić information content (AvgIpc) is 3.09. The van der Waals surface area contributed by atoms with Crippen molar-refractivity contribution < 1.29 is 0 Å². The third-order valence-corrected chi connectivity index (χ3v) is 4.69. The lowest BCUT2D eigenvalue weighted by molar-refractivity contribution is 0.629. The van der Waals surface area contributed by atoms with Crippen molar-refractivity contribution in [1.82, 2.24) is 4.98 Å². The second-order valence-corrected chi connectivity index (χ2v) is 6.12.